The summed E-state index contributed by atoms with van der Waals surface area (Å²) in [5.74, 6) is -0.176. The van der Waals surface area contributed by atoms with E-state index in [2.05, 4.69) is 15.4 Å². The van der Waals surface area contributed by atoms with Crippen molar-refractivity contribution in [1.82, 2.24) is 14.8 Å². The second-order valence-electron chi connectivity index (χ2n) is 8.00. The zero-order valence-corrected chi connectivity index (χ0v) is 20.4. The van der Waals surface area contributed by atoms with Gasteiger partial charge in [-0.25, -0.2) is 4.68 Å². The lowest BCUT2D eigenvalue weighted by Crippen LogP contribution is -2.16. The van der Waals surface area contributed by atoms with Gasteiger partial charge < -0.3 is 15.4 Å². The van der Waals surface area contributed by atoms with Gasteiger partial charge in [-0.1, -0.05) is 78.0 Å². The van der Waals surface area contributed by atoms with E-state index in [1.807, 2.05) is 60.7 Å². The van der Waals surface area contributed by atoms with E-state index >= 15 is 0 Å². The van der Waals surface area contributed by atoms with E-state index < -0.39 is 11.6 Å². The number of aromatic amines is 2. The molecule has 1 unspecified atom stereocenters. The van der Waals surface area contributed by atoms with Crippen LogP contribution >= 0.6 is 23.4 Å². The Balaban J connectivity index is 1.52. The zero-order chi connectivity index (χ0) is 25.1. The Labute approximate surface area is 215 Å². The van der Waals surface area contributed by atoms with E-state index in [0.717, 1.165) is 28.6 Å². The summed E-state index contributed by atoms with van der Waals surface area (Å²) >= 11 is 7.39. The van der Waals surface area contributed by atoms with Gasteiger partial charge in [-0.3, -0.25) is 14.7 Å². The van der Waals surface area contributed by atoms with Crippen molar-refractivity contribution in [1.29, 1.82) is 0 Å². The second kappa shape index (κ2) is 10.2. The van der Waals surface area contributed by atoms with Crippen LogP contribution in [0.2, 0.25) is 5.02 Å². The molecule has 0 aliphatic rings. The molecule has 5 rings (SSSR count). The molecular formula is C27H21ClN4O3S. The third kappa shape index (κ3) is 4.95. The van der Waals surface area contributed by atoms with Crippen molar-refractivity contribution in [3.8, 4) is 5.88 Å². The highest BCUT2D eigenvalue weighted by Gasteiger charge is 2.24. The van der Waals surface area contributed by atoms with Gasteiger partial charge >= 0.3 is 0 Å². The fraction of sp³-hybridized carbons (Fsp3) is 0.0370. The van der Waals surface area contributed by atoms with Gasteiger partial charge in [0, 0.05) is 28.5 Å². The van der Waals surface area contributed by atoms with Crippen LogP contribution in [-0.2, 0) is 0 Å². The summed E-state index contributed by atoms with van der Waals surface area (Å²) in [4.78, 5) is 27.9. The Bertz CT molecular complexity index is 1610. The maximum Gasteiger partial charge on any atom is 0.282 e. The molecule has 0 fully saturated rings. The Hall–Kier alpha value is -4.14. The smallest absolute Gasteiger partial charge is 0.282 e. The predicted molar refractivity (Wildman–Crippen MR) is 143 cm³/mol. The number of rotatable bonds is 7. The highest BCUT2D eigenvalue weighted by Crippen LogP contribution is 2.38. The SMILES string of the molecule is O=c1cc(Nc2ccc(C(c3ccccc3)n3[nH]c(=O)c(Sc4ccccc4Cl)c3O)cc2)cc[nH]1. The monoisotopic (exact) mass is 516 g/mol. The van der Waals surface area contributed by atoms with Gasteiger partial charge in [0.05, 0.1) is 5.02 Å². The number of nitrogens with one attached hydrogen (secondary N) is 3. The van der Waals surface area contributed by atoms with Crippen LogP contribution in [-0.4, -0.2) is 19.9 Å². The van der Waals surface area contributed by atoms with Gasteiger partial charge in [-0.15, -0.1) is 0 Å². The number of hydrogen-bond donors (Lipinski definition) is 4. The first-order valence-corrected chi connectivity index (χ1v) is 12.3. The predicted octanol–water partition coefficient (Wildman–Crippen LogP) is 5.76. The molecule has 0 aliphatic carbocycles. The Morgan fingerprint density at radius 2 is 1.56 bits per heavy atom. The minimum Gasteiger partial charge on any atom is -0.493 e. The maximum absolute atomic E-state index is 12.9. The molecule has 0 aliphatic heterocycles. The number of aromatic hydroxyl groups is 1. The molecule has 1 atom stereocenters. The minimum absolute atomic E-state index is 0.164. The number of benzene rings is 3. The topological polar surface area (TPSA) is 103 Å². The van der Waals surface area contributed by atoms with Crippen molar-refractivity contribution in [2.75, 3.05) is 5.32 Å². The van der Waals surface area contributed by atoms with Crippen LogP contribution in [0.5, 0.6) is 5.88 Å². The van der Waals surface area contributed by atoms with Crippen molar-refractivity contribution in [2.24, 2.45) is 0 Å². The summed E-state index contributed by atoms with van der Waals surface area (Å²) < 4.78 is 1.47. The number of aromatic nitrogens is 3. The summed E-state index contributed by atoms with van der Waals surface area (Å²) in [5, 5.41) is 17.7. The molecule has 0 radical (unpaired) electrons. The highest BCUT2D eigenvalue weighted by molar-refractivity contribution is 7.99. The fourth-order valence-electron chi connectivity index (χ4n) is 3.90. The first kappa shape index (κ1) is 23.6. The second-order valence-corrected chi connectivity index (χ2v) is 9.46. The first-order chi connectivity index (χ1) is 17.5. The minimum atomic E-state index is -0.492. The third-order valence-corrected chi connectivity index (χ3v) is 7.16. The Kier molecular flexibility index (Phi) is 6.71. The molecule has 2 heterocycles. The van der Waals surface area contributed by atoms with E-state index in [-0.39, 0.29) is 16.3 Å². The van der Waals surface area contributed by atoms with Crippen molar-refractivity contribution in [3.63, 3.8) is 0 Å². The number of pyridine rings is 1. The Morgan fingerprint density at radius 3 is 2.28 bits per heavy atom. The van der Waals surface area contributed by atoms with Crippen LogP contribution in [0, 0.1) is 0 Å². The third-order valence-electron chi connectivity index (χ3n) is 5.57. The summed E-state index contributed by atoms with van der Waals surface area (Å²) in [7, 11) is 0. The average molecular weight is 517 g/mol. The molecule has 0 bridgehead atoms. The van der Waals surface area contributed by atoms with Gasteiger partial charge in [0.25, 0.3) is 5.56 Å². The number of nitrogens with zero attached hydrogens (tertiary/aromatic N) is 1. The number of anilines is 2. The average Bonchev–Trinajstić information content (AvgIpc) is 3.15. The molecule has 3 aromatic carbocycles. The molecule has 2 aromatic heterocycles. The van der Waals surface area contributed by atoms with Crippen molar-refractivity contribution < 1.29 is 5.11 Å². The molecule has 4 N–H and O–H groups in total. The van der Waals surface area contributed by atoms with Crippen molar-refractivity contribution in [2.45, 2.75) is 15.8 Å². The van der Waals surface area contributed by atoms with Gasteiger partial charge in [-0.2, -0.15) is 0 Å². The van der Waals surface area contributed by atoms with E-state index in [4.69, 9.17) is 11.6 Å². The lowest BCUT2D eigenvalue weighted by Gasteiger charge is -2.21. The number of hydrogen-bond acceptors (Lipinski definition) is 5. The molecule has 0 spiro atoms. The molecule has 5 aromatic rings. The van der Waals surface area contributed by atoms with Gasteiger partial charge in [0.1, 0.15) is 10.9 Å². The van der Waals surface area contributed by atoms with Crippen molar-refractivity contribution >= 4 is 34.7 Å². The normalized spacial score (nSPS) is 11.8. The van der Waals surface area contributed by atoms with Crippen LogP contribution in [0.1, 0.15) is 17.2 Å². The van der Waals surface area contributed by atoms with E-state index in [0.29, 0.717) is 15.6 Å². The van der Waals surface area contributed by atoms with Crippen LogP contribution in [0.4, 0.5) is 11.4 Å². The van der Waals surface area contributed by atoms with Gasteiger partial charge in [0.15, 0.2) is 0 Å². The summed E-state index contributed by atoms with van der Waals surface area (Å²) in [6, 6.07) is 27.1. The van der Waals surface area contributed by atoms with Crippen molar-refractivity contribution in [3.05, 3.63) is 134 Å². The molecule has 180 valence electrons. The lowest BCUT2D eigenvalue weighted by molar-refractivity contribution is 0.384. The quantitative estimate of drug-likeness (QED) is 0.220. The number of H-pyrrole nitrogens is 2. The molecule has 9 heteroatoms. The van der Waals surface area contributed by atoms with E-state index in [1.165, 1.54) is 10.7 Å². The molecular weight excluding hydrogens is 496 g/mol. The van der Waals surface area contributed by atoms with Crippen LogP contribution in [0.25, 0.3) is 0 Å². The van der Waals surface area contributed by atoms with Gasteiger partial charge in [0.2, 0.25) is 11.4 Å². The fourth-order valence-corrected chi connectivity index (χ4v) is 5.02. The van der Waals surface area contributed by atoms with Gasteiger partial charge in [-0.05, 0) is 41.5 Å². The molecule has 0 saturated carbocycles. The van der Waals surface area contributed by atoms with Crippen LogP contribution in [0.15, 0.2) is 117 Å². The summed E-state index contributed by atoms with van der Waals surface area (Å²) in [5.41, 5.74) is 2.57. The van der Waals surface area contributed by atoms with Crippen LogP contribution in [0.3, 0.4) is 0 Å². The Morgan fingerprint density at radius 1 is 0.861 bits per heavy atom. The van der Waals surface area contributed by atoms with E-state index in [9.17, 15) is 14.7 Å². The standard InChI is InChI=1S/C27H21ClN4O3S/c28-21-8-4-5-9-22(21)36-25-26(34)31-32(27(25)35)24(17-6-2-1-3-7-17)18-10-12-19(13-11-18)30-20-14-15-29-23(33)16-20/h1-16,24,35H,(H,31,34)(H2,29,30,33). The molecule has 36 heavy (non-hydrogen) atoms. The zero-order valence-electron chi connectivity index (χ0n) is 18.8. The summed E-state index contributed by atoms with van der Waals surface area (Å²) in [6.45, 7) is 0. The molecule has 7 nitrogen and oxygen atoms in total. The lowest BCUT2D eigenvalue weighted by atomic mass is 9.98. The van der Waals surface area contributed by atoms with Crippen LogP contribution < -0.4 is 16.4 Å². The molecule has 0 amide bonds. The number of halogens is 1. The maximum atomic E-state index is 12.9. The summed E-state index contributed by atoms with van der Waals surface area (Å²) in [6.07, 6.45) is 1.58. The van der Waals surface area contributed by atoms with E-state index in [1.54, 1.807) is 30.5 Å². The molecule has 0 saturated heterocycles. The first-order valence-electron chi connectivity index (χ1n) is 11.1. The highest BCUT2D eigenvalue weighted by atomic mass is 35.5. The largest absolute Gasteiger partial charge is 0.493 e.